The molecule has 2 aliphatic heterocycles. The fraction of sp³-hybridized carbons (Fsp3) is 0.308. The van der Waals surface area contributed by atoms with Crippen molar-refractivity contribution in [1.29, 1.82) is 0 Å². The van der Waals surface area contributed by atoms with Crippen LogP contribution in [0.2, 0.25) is 0 Å². The highest BCUT2D eigenvalue weighted by molar-refractivity contribution is 6.14. The standard InChI is InChI=1S/C13H13N3O5/c14-7-3-1-2-5-6(7)4-16(13(5)21)8-9(17)10(18)12(20)15-11(8)19/h1-3,8,10,12,18,20H,4,14H2,(H,15,19). The summed E-state index contributed by atoms with van der Waals surface area (Å²) in [6.45, 7) is 0.00742. The van der Waals surface area contributed by atoms with Crippen molar-refractivity contribution in [3.05, 3.63) is 29.3 Å². The number of carbonyl (C=O) groups is 3. The number of nitrogens with two attached hydrogens (primary N) is 1. The van der Waals surface area contributed by atoms with Gasteiger partial charge in [-0.3, -0.25) is 14.4 Å². The molecule has 5 N–H and O–H groups in total. The van der Waals surface area contributed by atoms with E-state index in [1.165, 1.54) is 0 Å². The third kappa shape index (κ3) is 1.88. The van der Waals surface area contributed by atoms with E-state index in [9.17, 15) is 24.6 Å². The molecule has 2 aliphatic rings. The number of nitrogens with one attached hydrogen (secondary N) is 1. The van der Waals surface area contributed by atoms with Crippen LogP contribution in [-0.4, -0.2) is 51.1 Å². The number of anilines is 1. The average molecular weight is 291 g/mol. The fourth-order valence-corrected chi connectivity index (χ4v) is 2.63. The molecule has 1 fully saturated rings. The molecule has 0 aliphatic carbocycles. The quantitative estimate of drug-likeness (QED) is 0.348. The van der Waals surface area contributed by atoms with Gasteiger partial charge < -0.3 is 26.2 Å². The summed E-state index contributed by atoms with van der Waals surface area (Å²) in [5.41, 5.74) is 7.06. The summed E-state index contributed by atoms with van der Waals surface area (Å²) in [4.78, 5) is 37.3. The van der Waals surface area contributed by atoms with E-state index in [0.717, 1.165) is 4.90 Å². The Balaban J connectivity index is 1.96. The molecular weight excluding hydrogens is 278 g/mol. The Morgan fingerprint density at radius 3 is 2.62 bits per heavy atom. The molecule has 3 rings (SSSR count). The highest BCUT2D eigenvalue weighted by Crippen LogP contribution is 2.30. The molecule has 8 heteroatoms. The summed E-state index contributed by atoms with van der Waals surface area (Å²) in [6, 6.07) is 3.32. The molecule has 1 aromatic rings. The van der Waals surface area contributed by atoms with Crippen LogP contribution in [0.4, 0.5) is 5.69 Å². The molecule has 0 saturated carbocycles. The zero-order valence-corrected chi connectivity index (χ0v) is 10.8. The number of hydrogen-bond acceptors (Lipinski definition) is 6. The lowest BCUT2D eigenvalue weighted by Gasteiger charge is -2.33. The van der Waals surface area contributed by atoms with Gasteiger partial charge in [-0.15, -0.1) is 0 Å². The molecule has 2 heterocycles. The SMILES string of the molecule is Nc1cccc2c1CN(C1C(=O)NC(O)C(O)C1=O)C2=O. The Hall–Kier alpha value is -2.45. The summed E-state index contributed by atoms with van der Waals surface area (Å²) in [7, 11) is 0. The summed E-state index contributed by atoms with van der Waals surface area (Å²) in [5.74, 6) is -2.24. The highest BCUT2D eigenvalue weighted by Gasteiger charge is 2.48. The van der Waals surface area contributed by atoms with Gasteiger partial charge in [-0.25, -0.2) is 0 Å². The first-order valence-corrected chi connectivity index (χ1v) is 6.30. The lowest BCUT2D eigenvalue weighted by molar-refractivity contribution is -0.155. The molecule has 0 bridgehead atoms. The van der Waals surface area contributed by atoms with Crippen LogP contribution in [0.25, 0.3) is 0 Å². The Labute approximate surface area is 119 Å². The average Bonchev–Trinajstić information content (AvgIpc) is 2.76. The summed E-state index contributed by atoms with van der Waals surface area (Å²) < 4.78 is 0. The van der Waals surface area contributed by atoms with E-state index in [-0.39, 0.29) is 6.54 Å². The van der Waals surface area contributed by atoms with Crippen molar-refractivity contribution in [3.63, 3.8) is 0 Å². The Morgan fingerprint density at radius 1 is 1.24 bits per heavy atom. The lowest BCUT2D eigenvalue weighted by atomic mass is 9.99. The Kier molecular flexibility index (Phi) is 2.92. The molecule has 0 spiro atoms. The van der Waals surface area contributed by atoms with Crippen molar-refractivity contribution in [2.45, 2.75) is 24.9 Å². The van der Waals surface area contributed by atoms with E-state index < -0.39 is 36.0 Å². The van der Waals surface area contributed by atoms with Crippen molar-refractivity contribution in [2.24, 2.45) is 0 Å². The fourth-order valence-electron chi connectivity index (χ4n) is 2.63. The zero-order chi connectivity index (χ0) is 15.3. The van der Waals surface area contributed by atoms with Crippen LogP contribution in [-0.2, 0) is 16.1 Å². The first kappa shape index (κ1) is 13.5. The topological polar surface area (TPSA) is 133 Å². The first-order valence-electron chi connectivity index (χ1n) is 6.30. The molecule has 0 aromatic heterocycles. The van der Waals surface area contributed by atoms with Crippen molar-refractivity contribution >= 4 is 23.3 Å². The number of piperidine rings is 1. The minimum Gasteiger partial charge on any atom is -0.398 e. The lowest BCUT2D eigenvalue weighted by Crippen LogP contribution is -2.65. The van der Waals surface area contributed by atoms with Gasteiger partial charge in [0.25, 0.3) is 11.8 Å². The number of hydrogen-bond donors (Lipinski definition) is 4. The molecule has 1 saturated heterocycles. The number of amides is 2. The smallest absolute Gasteiger partial charge is 0.255 e. The van der Waals surface area contributed by atoms with Gasteiger partial charge in [-0.1, -0.05) is 6.07 Å². The van der Waals surface area contributed by atoms with Crippen LogP contribution < -0.4 is 11.1 Å². The second-order valence-corrected chi connectivity index (χ2v) is 5.01. The number of ketones is 1. The summed E-state index contributed by atoms with van der Waals surface area (Å²) >= 11 is 0. The number of aliphatic hydroxyl groups is 2. The van der Waals surface area contributed by atoms with E-state index in [4.69, 9.17) is 5.73 Å². The number of carbonyl (C=O) groups excluding carboxylic acids is 3. The summed E-state index contributed by atoms with van der Waals surface area (Å²) in [6.07, 6.45) is -3.42. The molecule has 1 aromatic carbocycles. The molecule has 21 heavy (non-hydrogen) atoms. The van der Waals surface area contributed by atoms with E-state index in [0.29, 0.717) is 16.8 Å². The van der Waals surface area contributed by atoms with Crippen molar-refractivity contribution in [2.75, 3.05) is 5.73 Å². The van der Waals surface area contributed by atoms with Gasteiger partial charge in [-0.05, 0) is 12.1 Å². The maximum Gasteiger partial charge on any atom is 0.255 e. The van der Waals surface area contributed by atoms with Gasteiger partial charge in [0, 0.05) is 16.8 Å². The van der Waals surface area contributed by atoms with Crippen molar-refractivity contribution < 1.29 is 24.6 Å². The van der Waals surface area contributed by atoms with Gasteiger partial charge in [-0.2, -0.15) is 0 Å². The number of aliphatic hydroxyl groups excluding tert-OH is 2. The second kappa shape index (κ2) is 4.54. The normalized spacial score (nSPS) is 28.6. The van der Waals surface area contributed by atoms with Gasteiger partial charge in [0.1, 0.15) is 0 Å². The molecule has 0 radical (unpaired) electrons. The number of nitrogens with zero attached hydrogens (tertiary/aromatic N) is 1. The third-order valence-electron chi connectivity index (χ3n) is 3.74. The number of fused-ring (bicyclic) bond motifs is 1. The molecule has 2 amide bonds. The zero-order valence-electron chi connectivity index (χ0n) is 10.8. The van der Waals surface area contributed by atoms with Gasteiger partial charge in [0.15, 0.2) is 24.2 Å². The van der Waals surface area contributed by atoms with Crippen LogP contribution in [0.5, 0.6) is 0 Å². The molecule has 110 valence electrons. The van der Waals surface area contributed by atoms with Crippen molar-refractivity contribution in [3.8, 4) is 0 Å². The monoisotopic (exact) mass is 291 g/mol. The Bertz CT molecular complexity index is 659. The predicted molar refractivity (Wildman–Crippen MR) is 69.7 cm³/mol. The molecule has 8 nitrogen and oxygen atoms in total. The third-order valence-corrected chi connectivity index (χ3v) is 3.74. The van der Waals surface area contributed by atoms with E-state index in [1.807, 2.05) is 0 Å². The number of rotatable bonds is 1. The van der Waals surface area contributed by atoms with Crippen molar-refractivity contribution in [1.82, 2.24) is 10.2 Å². The second-order valence-electron chi connectivity index (χ2n) is 5.01. The van der Waals surface area contributed by atoms with E-state index in [2.05, 4.69) is 5.32 Å². The minimum atomic E-state index is -1.76. The van der Waals surface area contributed by atoms with Gasteiger partial charge in [0.05, 0.1) is 6.54 Å². The maximum atomic E-state index is 12.3. The van der Waals surface area contributed by atoms with E-state index >= 15 is 0 Å². The maximum absolute atomic E-state index is 12.3. The first-order chi connectivity index (χ1) is 9.91. The number of benzene rings is 1. The number of Topliss-reactive ketones (excluding diaryl/α,β-unsaturated/α-hetero) is 1. The molecule has 3 unspecified atom stereocenters. The molecular formula is C13H13N3O5. The van der Waals surface area contributed by atoms with Crippen LogP contribution in [0.15, 0.2) is 18.2 Å². The largest absolute Gasteiger partial charge is 0.398 e. The van der Waals surface area contributed by atoms with Crippen LogP contribution >= 0.6 is 0 Å². The predicted octanol–water partition coefficient (Wildman–Crippen LogP) is -2.03. The molecule has 3 atom stereocenters. The van der Waals surface area contributed by atoms with Crippen LogP contribution in [0.3, 0.4) is 0 Å². The summed E-state index contributed by atoms with van der Waals surface area (Å²) in [5, 5.41) is 21.0. The van der Waals surface area contributed by atoms with Crippen LogP contribution in [0, 0.1) is 0 Å². The van der Waals surface area contributed by atoms with Gasteiger partial charge in [0.2, 0.25) is 0 Å². The van der Waals surface area contributed by atoms with Gasteiger partial charge >= 0.3 is 0 Å². The minimum absolute atomic E-state index is 0.00742. The Morgan fingerprint density at radius 2 is 1.95 bits per heavy atom. The number of nitrogen functional groups attached to an aromatic ring is 1. The van der Waals surface area contributed by atoms with Crippen LogP contribution in [0.1, 0.15) is 15.9 Å². The highest BCUT2D eigenvalue weighted by atomic mass is 16.4. The van der Waals surface area contributed by atoms with E-state index in [1.54, 1.807) is 18.2 Å².